The summed E-state index contributed by atoms with van der Waals surface area (Å²) in [6.45, 7) is 0.885. The average molecular weight is 325 g/mol. The van der Waals surface area contributed by atoms with Crippen molar-refractivity contribution in [1.82, 2.24) is 10.6 Å². The van der Waals surface area contributed by atoms with Gasteiger partial charge in [0.15, 0.2) is 5.96 Å². The van der Waals surface area contributed by atoms with Crippen LogP contribution < -0.4 is 10.6 Å². The number of nitrogens with zero attached hydrogens (tertiary/aromatic N) is 1. The van der Waals surface area contributed by atoms with Gasteiger partial charge in [-0.25, -0.2) is 8.78 Å². The lowest BCUT2D eigenvalue weighted by Gasteiger charge is -2.15. The zero-order chi connectivity index (χ0) is 15.5. The summed E-state index contributed by atoms with van der Waals surface area (Å²) in [7, 11) is 1.72. The minimum atomic E-state index is -0.459. The van der Waals surface area contributed by atoms with Gasteiger partial charge in [-0.05, 0) is 37.1 Å². The van der Waals surface area contributed by atoms with E-state index >= 15 is 0 Å². The molecule has 120 valence electrons. The number of rotatable bonds is 4. The predicted octanol–water partition coefficient (Wildman–Crippen LogP) is 2.88. The van der Waals surface area contributed by atoms with Gasteiger partial charge in [0.2, 0.25) is 0 Å². The first kappa shape index (κ1) is 15.6. The van der Waals surface area contributed by atoms with Crippen LogP contribution in [0.5, 0.6) is 0 Å². The Morgan fingerprint density at radius 1 is 1.36 bits per heavy atom. The van der Waals surface area contributed by atoms with Gasteiger partial charge in [-0.15, -0.1) is 0 Å². The molecule has 1 aromatic carbocycles. The molecule has 3 rings (SSSR count). The maximum Gasteiger partial charge on any atom is 0.191 e. The van der Waals surface area contributed by atoms with Crippen LogP contribution in [0.15, 0.2) is 23.2 Å². The van der Waals surface area contributed by atoms with Gasteiger partial charge in [-0.3, -0.25) is 4.99 Å². The fraction of sp³-hybridized carbons (Fsp3) is 0.562. The molecule has 0 radical (unpaired) electrons. The molecule has 3 unspecified atom stereocenters. The summed E-state index contributed by atoms with van der Waals surface area (Å²) < 4.78 is 27.5. The molecule has 0 spiro atoms. The van der Waals surface area contributed by atoms with Gasteiger partial charge in [0, 0.05) is 36.4 Å². The highest BCUT2D eigenvalue weighted by Crippen LogP contribution is 2.43. The van der Waals surface area contributed by atoms with Gasteiger partial charge in [0.1, 0.15) is 11.6 Å². The van der Waals surface area contributed by atoms with Crippen molar-refractivity contribution in [2.45, 2.75) is 36.5 Å². The van der Waals surface area contributed by atoms with Crippen LogP contribution >= 0.6 is 11.8 Å². The maximum atomic E-state index is 13.8. The number of thioether (sulfide) groups is 1. The van der Waals surface area contributed by atoms with E-state index in [0.29, 0.717) is 5.25 Å². The minimum Gasteiger partial charge on any atom is -0.355 e. The van der Waals surface area contributed by atoms with Crippen molar-refractivity contribution in [1.29, 1.82) is 0 Å². The largest absolute Gasteiger partial charge is 0.355 e. The molecule has 0 aromatic heterocycles. The van der Waals surface area contributed by atoms with Crippen molar-refractivity contribution >= 4 is 17.7 Å². The summed E-state index contributed by atoms with van der Waals surface area (Å²) >= 11 is 1.99. The van der Waals surface area contributed by atoms with Crippen molar-refractivity contribution in [3.63, 3.8) is 0 Å². The summed E-state index contributed by atoms with van der Waals surface area (Å²) in [4.78, 5) is 4.20. The Hall–Kier alpha value is -1.30. The molecule has 0 amide bonds. The van der Waals surface area contributed by atoms with Gasteiger partial charge in [-0.2, -0.15) is 11.8 Å². The molecular weight excluding hydrogens is 304 g/mol. The number of hydrogen-bond acceptors (Lipinski definition) is 2. The van der Waals surface area contributed by atoms with Gasteiger partial charge in [0.05, 0.1) is 0 Å². The van der Waals surface area contributed by atoms with Gasteiger partial charge >= 0.3 is 0 Å². The SMILES string of the molecule is CN=C(NCC1CCCS1)NC1CC1c1c(F)cccc1F. The van der Waals surface area contributed by atoms with Crippen molar-refractivity contribution in [3.8, 4) is 0 Å². The lowest BCUT2D eigenvalue weighted by molar-refractivity contribution is 0.553. The second-order valence-corrected chi connectivity index (χ2v) is 7.22. The average Bonchev–Trinajstić information content (AvgIpc) is 3.04. The van der Waals surface area contributed by atoms with Crippen LogP contribution in [0.25, 0.3) is 0 Å². The van der Waals surface area contributed by atoms with Crippen LogP contribution in [-0.2, 0) is 0 Å². The first-order valence-electron chi connectivity index (χ1n) is 7.71. The van der Waals surface area contributed by atoms with Crippen LogP contribution in [0, 0.1) is 11.6 Å². The highest BCUT2D eigenvalue weighted by atomic mass is 32.2. The van der Waals surface area contributed by atoms with E-state index in [4.69, 9.17) is 0 Å². The predicted molar refractivity (Wildman–Crippen MR) is 87.5 cm³/mol. The summed E-state index contributed by atoms with van der Waals surface area (Å²) in [6.07, 6.45) is 3.25. The third-order valence-corrected chi connectivity index (χ3v) is 5.63. The van der Waals surface area contributed by atoms with Gasteiger partial charge < -0.3 is 10.6 Å². The van der Waals surface area contributed by atoms with Crippen LogP contribution in [0.2, 0.25) is 0 Å². The van der Waals surface area contributed by atoms with E-state index < -0.39 is 11.6 Å². The summed E-state index contributed by atoms with van der Waals surface area (Å²) in [5, 5.41) is 7.22. The van der Waals surface area contributed by atoms with Crippen LogP contribution in [-0.4, -0.2) is 36.6 Å². The Kier molecular flexibility index (Phi) is 4.86. The molecule has 1 aliphatic carbocycles. The van der Waals surface area contributed by atoms with Crippen molar-refractivity contribution in [2.24, 2.45) is 4.99 Å². The van der Waals surface area contributed by atoms with Crippen LogP contribution in [0.1, 0.15) is 30.7 Å². The molecule has 2 fully saturated rings. The van der Waals surface area contributed by atoms with E-state index in [2.05, 4.69) is 15.6 Å². The molecule has 1 heterocycles. The van der Waals surface area contributed by atoms with E-state index in [0.717, 1.165) is 18.9 Å². The maximum absolute atomic E-state index is 13.8. The van der Waals surface area contributed by atoms with E-state index in [1.54, 1.807) is 7.05 Å². The Morgan fingerprint density at radius 2 is 2.14 bits per heavy atom. The van der Waals surface area contributed by atoms with Gasteiger partial charge in [0.25, 0.3) is 0 Å². The van der Waals surface area contributed by atoms with Crippen molar-refractivity contribution in [2.75, 3.05) is 19.3 Å². The zero-order valence-electron chi connectivity index (χ0n) is 12.6. The first-order chi connectivity index (χ1) is 10.7. The Bertz CT molecular complexity index is 538. The topological polar surface area (TPSA) is 36.4 Å². The third-order valence-electron chi connectivity index (χ3n) is 4.23. The number of benzene rings is 1. The zero-order valence-corrected chi connectivity index (χ0v) is 13.4. The monoisotopic (exact) mass is 325 g/mol. The standard InChI is InChI=1S/C16H21F2N3S/c1-19-16(20-9-10-4-3-7-22-10)21-14-8-11(14)15-12(17)5-2-6-13(15)18/h2,5-6,10-11,14H,3-4,7-9H2,1H3,(H2,19,20,21). The fourth-order valence-corrected chi connectivity index (χ4v) is 4.13. The van der Waals surface area contributed by atoms with E-state index in [1.807, 2.05) is 11.8 Å². The molecule has 22 heavy (non-hydrogen) atoms. The van der Waals surface area contributed by atoms with Crippen molar-refractivity contribution < 1.29 is 8.78 Å². The second kappa shape index (κ2) is 6.86. The van der Waals surface area contributed by atoms with Crippen molar-refractivity contribution in [3.05, 3.63) is 35.4 Å². The second-order valence-electron chi connectivity index (χ2n) is 5.82. The van der Waals surface area contributed by atoms with E-state index in [1.165, 1.54) is 36.8 Å². The van der Waals surface area contributed by atoms with Crippen LogP contribution in [0.4, 0.5) is 8.78 Å². The Morgan fingerprint density at radius 3 is 2.77 bits per heavy atom. The number of halogens is 2. The lowest BCUT2D eigenvalue weighted by atomic mass is 10.1. The highest BCUT2D eigenvalue weighted by molar-refractivity contribution is 8.00. The number of nitrogens with one attached hydrogen (secondary N) is 2. The molecule has 2 N–H and O–H groups in total. The van der Waals surface area contributed by atoms with Gasteiger partial charge in [-0.1, -0.05) is 6.07 Å². The molecule has 1 saturated heterocycles. The Labute approximate surface area is 134 Å². The molecule has 1 aromatic rings. The number of hydrogen-bond donors (Lipinski definition) is 2. The molecule has 1 aliphatic heterocycles. The molecule has 3 atom stereocenters. The van der Waals surface area contributed by atoms with E-state index in [9.17, 15) is 8.78 Å². The molecule has 1 saturated carbocycles. The minimum absolute atomic E-state index is 0.0498. The first-order valence-corrected chi connectivity index (χ1v) is 8.76. The molecular formula is C16H21F2N3S. The normalized spacial score (nSPS) is 27.8. The lowest BCUT2D eigenvalue weighted by Crippen LogP contribution is -2.41. The van der Waals surface area contributed by atoms with Crippen LogP contribution in [0.3, 0.4) is 0 Å². The summed E-state index contributed by atoms with van der Waals surface area (Å²) in [5.74, 6) is 0.923. The molecule has 2 aliphatic rings. The molecule has 3 nitrogen and oxygen atoms in total. The molecule has 0 bridgehead atoms. The number of guanidine groups is 1. The fourth-order valence-electron chi connectivity index (χ4n) is 2.92. The summed E-state index contributed by atoms with van der Waals surface area (Å²) in [5.41, 5.74) is 0.196. The molecule has 6 heteroatoms. The highest BCUT2D eigenvalue weighted by Gasteiger charge is 2.42. The Balaban J connectivity index is 1.53. The third kappa shape index (κ3) is 3.54. The quantitative estimate of drug-likeness (QED) is 0.660. The number of aliphatic imine (C=N–C) groups is 1. The summed E-state index contributed by atoms with van der Waals surface area (Å²) in [6, 6.07) is 4.09. The van der Waals surface area contributed by atoms with E-state index in [-0.39, 0.29) is 17.5 Å². The smallest absolute Gasteiger partial charge is 0.191 e.